The highest BCUT2D eigenvalue weighted by Crippen LogP contribution is 2.25. The van der Waals surface area contributed by atoms with Gasteiger partial charge in [-0.2, -0.15) is 0 Å². The summed E-state index contributed by atoms with van der Waals surface area (Å²) in [5.41, 5.74) is 1.62. The van der Waals surface area contributed by atoms with Crippen molar-refractivity contribution in [3.63, 3.8) is 0 Å². The van der Waals surface area contributed by atoms with Crippen LogP contribution in [0.2, 0.25) is 0 Å². The van der Waals surface area contributed by atoms with Gasteiger partial charge in [-0.3, -0.25) is 9.59 Å². The Balaban J connectivity index is 1.67. The molecule has 0 radical (unpaired) electrons. The minimum Gasteiger partial charge on any atom is -0.496 e. The highest BCUT2D eigenvalue weighted by atomic mass is 19.1. The number of carbonyl (C=O) groups excluding carboxylic acids is 2. The predicted octanol–water partition coefficient (Wildman–Crippen LogP) is 1.93. The van der Waals surface area contributed by atoms with Gasteiger partial charge < -0.3 is 20.3 Å². The summed E-state index contributed by atoms with van der Waals surface area (Å²) in [6.45, 7) is 2.84. The summed E-state index contributed by atoms with van der Waals surface area (Å²) in [6.07, 6.45) is 0. The van der Waals surface area contributed by atoms with Gasteiger partial charge in [0.05, 0.1) is 24.9 Å². The molecule has 1 aliphatic rings. The Morgan fingerprint density at radius 3 is 2.89 bits per heavy atom. The van der Waals surface area contributed by atoms with Gasteiger partial charge in [0.2, 0.25) is 5.91 Å². The number of anilines is 1. The van der Waals surface area contributed by atoms with E-state index in [0.717, 1.165) is 0 Å². The molecule has 27 heavy (non-hydrogen) atoms. The molecule has 0 aliphatic carbocycles. The number of nitrogens with one attached hydrogen (secondary N) is 2. The van der Waals surface area contributed by atoms with Crippen LogP contribution in [-0.2, 0) is 17.9 Å². The van der Waals surface area contributed by atoms with Gasteiger partial charge in [0.25, 0.3) is 5.91 Å². The lowest BCUT2D eigenvalue weighted by Crippen LogP contribution is -2.34. The summed E-state index contributed by atoms with van der Waals surface area (Å²) in [5.74, 6) is 0.415. The van der Waals surface area contributed by atoms with E-state index in [1.807, 2.05) is 0 Å². The Bertz CT molecular complexity index is 872. The highest BCUT2D eigenvalue weighted by Gasteiger charge is 2.28. The van der Waals surface area contributed by atoms with E-state index in [0.29, 0.717) is 48.0 Å². The average Bonchev–Trinajstić information content (AvgIpc) is 2.95. The summed E-state index contributed by atoms with van der Waals surface area (Å²) in [7, 11) is 1.49. The van der Waals surface area contributed by atoms with Gasteiger partial charge >= 0.3 is 0 Å². The molecule has 2 amide bonds. The smallest absolute Gasteiger partial charge is 0.256 e. The molecule has 3 rings (SSSR count). The number of rotatable bonds is 7. The van der Waals surface area contributed by atoms with E-state index in [1.165, 1.54) is 20.1 Å². The molecule has 0 saturated heterocycles. The lowest BCUT2D eigenvalue weighted by atomic mass is 10.2. The van der Waals surface area contributed by atoms with Crippen LogP contribution in [0.5, 0.6) is 5.75 Å². The average molecular weight is 372 g/mol. The quantitative estimate of drug-likeness (QED) is 0.776. The van der Waals surface area contributed by atoms with Crippen LogP contribution in [0.3, 0.4) is 0 Å². The van der Waals surface area contributed by atoms with Crippen LogP contribution in [0.25, 0.3) is 0 Å². The van der Waals surface area contributed by atoms with E-state index < -0.39 is 0 Å². The number of halogens is 1. The van der Waals surface area contributed by atoms with Crippen LogP contribution in [-0.4, -0.2) is 41.9 Å². The van der Waals surface area contributed by atoms with Crippen LogP contribution >= 0.6 is 0 Å². The van der Waals surface area contributed by atoms with Crippen LogP contribution in [0.15, 0.2) is 30.3 Å². The first kappa shape index (κ1) is 18.6. The van der Waals surface area contributed by atoms with Crippen LogP contribution in [0.1, 0.15) is 28.5 Å². The lowest BCUT2D eigenvalue weighted by Gasteiger charge is -2.14. The topological polar surface area (TPSA) is 83.6 Å². The number of aromatic nitrogens is 1. The molecular weight excluding hydrogens is 351 g/mol. The number of ether oxygens (including phenoxy) is 1. The summed E-state index contributed by atoms with van der Waals surface area (Å²) in [6, 6.07) is 8.07. The molecule has 1 aromatic heterocycles. The second-order valence-corrected chi connectivity index (χ2v) is 6.17. The fourth-order valence-corrected chi connectivity index (χ4v) is 2.97. The van der Waals surface area contributed by atoms with Crippen LogP contribution in [0.4, 0.5) is 10.2 Å². The Kier molecular flexibility index (Phi) is 5.54. The number of hydrogen-bond acceptors (Lipinski definition) is 5. The molecule has 7 nitrogen and oxygen atoms in total. The first-order valence-corrected chi connectivity index (χ1v) is 8.58. The molecule has 2 heterocycles. The van der Waals surface area contributed by atoms with Crippen molar-refractivity contribution < 1.29 is 18.7 Å². The van der Waals surface area contributed by atoms with Gasteiger partial charge in [0.15, 0.2) is 0 Å². The maximum Gasteiger partial charge on any atom is 0.256 e. The van der Waals surface area contributed by atoms with E-state index in [1.54, 1.807) is 29.2 Å². The Morgan fingerprint density at radius 1 is 1.33 bits per heavy atom. The van der Waals surface area contributed by atoms with Gasteiger partial charge in [0, 0.05) is 32.1 Å². The summed E-state index contributed by atoms with van der Waals surface area (Å²) >= 11 is 0. The van der Waals surface area contributed by atoms with Crippen molar-refractivity contribution >= 4 is 17.6 Å². The molecule has 1 aliphatic heterocycles. The highest BCUT2D eigenvalue weighted by molar-refractivity contribution is 5.98. The Hall–Kier alpha value is -3.16. The molecule has 2 N–H and O–H groups in total. The number of nitrogens with zero attached hydrogens (tertiary/aromatic N) is 2. The zero-order valence-electron chi connectivity index (χ0n) is 15.2. The standard InChI is InChI=1S/C19H21FN4O3/c1-12(25)21-8-9-24-11-16-13(19(24)26)6-7-18(23-16)22-10-14-15(20)4-3-5-17(14)27-2/h3-7H,8-11H2,1-2H3,(H,21,25)(H,22,23). The largest absolute Gasteiger partial charge is 0.496 e. The normalized spacial score (nSPS) is 12.7. The van der Waals surface area contributed by atoms with Gasteiger partial charge in [-0.25, -0.2) is 9.37 Å². The number of carbonyl (C=O) groups is 2. The summed E-state index contributed by atoms with van der Waals surface area (Å²) in [5, 5.41) is 5.75. The SMILES string of the molecule is COc1cccc(F)c1CNc1ccc2c(n1)CN(CCNC(C)=O)C2=O. The number of methoxy groups -OCH3 is 1. The van der Waals surface area contributed by atoms with E-state index in [-0.39, 0.29) is 24.2 Å². The number of amides is 2. The van der Waals surface area contributed by atoms with Crippen molar-refractivity contribution in [2.24, 2.45) is 0 Å². The molecule has 0 bridgehead atoms. The zero-order chi connectivity index (χ0) is 19.4. The van der Waals surface area contributed by atoms with Crippen molar-refractivity contribution in [3.8, 4) is 5.75 Å². The van der Waals surface area contributed by atoms with Crippen molar-refractivity contribution in [3.05, 3.63) is 53.0 Å². The van der Waals surface area contributed by atoms with E-state index in [4.69, 9.17) is 4.74 Å². The van der Waals surface area contributed by atoms with Gasteiger partial charge in [-0.1, -0.05) is 6.07 Å². The minimum atomic E-state index is -0.359. The van der Waals surface area contributed by atoms with E-state index in [2.05, 4.69) is 15.6 Å². The third-order valence-electron chi connectivity index (χ3n) is 4.33. The molecular formula is C19H21FN4O3. The number of fused-ring (bicyclic) bond motifs is 1. The van der Waals surface area contributed by atoms with Gasteiger partial charge in [-0.15, -0.1) is 0 Å². The Labute approximate surface area is 156 Å². The third-order valence-corrected chi connectivity index (χ3v) is 4.33. The fourth-order valence-electron chi connectivity index (χ4n) is 2.97. The second kappa shape index (κ2) is 8.03. The molecule has 2 aromatic rings. The van der Waals surface area contributed by atoms with Crippen molar-refractivity contribution in [1.82, 2.24) is 15.2 Å². The molecule has 0 spiro atoms. The summed E-state index contributed by atoms with van der Waals surface area (Å²) in [4.78, 5) is 29.4. The van der Waals surface area contributed by atoms with E-state index in [9.17, 15) is 14.0 Å². The minimum absolute atomic E-state index is 0.106. The molecule has 1 aromatic carbocycles. The van der Waals surface area contributed by atoms with Gasteiger partial charge in [0.1, 0.15) is 17.4 Å². The molecule has 0 atom stereocenters. The van der Waals surface area contributed by atoms with E-state index >= 15 is 0 Å². The summed E-state index contributed by atoms with van der Waals surface area (Å²) < 4.78 is 19.2. The first-order valence-electron chi connectivity index (χ1n) is 8.58. The fraction of sp³-hybridized carbons (Fsp3) is 0.316. The molecule has 142 valence electrons. The van der Waals surface area contributed by atoms with Crippen molar-refractivity contribution in [2.45, 2.75) is 20.0 Å². The maximum atomic E-state index is 14.0. The third kappa shape index (κ3) is 4.16. The van der Waals surface area contributed by atoms with Crippen molar-refractivity contribution in [1.29, 1.82) is 0 Å². The van der Waals surface area contributed by atoms with Crippen LogP contribution in [0, 0.1) is 5.82 Å². The second-order valence-electron chi connectivity index (χ2n) is 6.17. The van der Waals surface area contributed by atoms with Crippen molar-refractivity contribution in [2.75, 3.05) is 25.5 Å². The monoisotopic (exact) mass is 372 g/mol. The molecule has 8 heteroatoms. The number of benzene rings is 1. The van der Waals surface area contributed by atoms with Gasteiger partial charge in [-0.05, 0) is 24.3 Å². The number of hydrogen-bond donors (Lipinski definition) is 2. The predicted molar refractivity (Wildman–Crippen MR) is 97.9 cm³/mol. The molecule has 0 saturated carbocycles. The zero-order valence-corrected chi connectivity index (χ0v) is 15.2. The maximum absolute atomic E-state index is 14.0. The lowest BCUT2D eigenvalue weighted by molar-refractivity contribution is -0.119. The molecule has 0 fully saturated rings. The van der Waals surface area contributed by atoms with Crippen LogP contribution < -0.4 is 15.4 Å². The number of pyridine rings is 1. The Morgan fingerprint density at radius 2 is 2.15 bits per heavy atom. The molecule has 0 unspecified atom stereocenters. The first-order chi connectivity index (χ1) is 13.0.